The molecule has 1 aromatic carbocycles. The molecule has 0 aliphatic rings. The molecule has 0 spiro atoms. The molecule has 0 saturated carbocycles. The van der Waals surface area contributed by atoms with E-state index in [4.69, 9.17) is 4.74 Å². The van der Waals surface area contributed by atoms with Gasteiger partial charge in [-0.05, 0) is 19.1 Å². The van der Waals surface area contributed by atoms with Crippen LogP contribution in [0.15, 0.2) is 18.2 Å². The largest absolute Gasteiger partial charge is 0.475 e. The normalized spacial score (nSPS) is 9.76. The molecule has 7 heteroatoms. The Hall–Kier alpha value is -2.18. The average Bonchev–Trinajstić information content (AvgIpc) is 2.26. The SMILES string of the molecule is CCOC(=O)COc1cccc(F)c1[N+](=O)[O-]. The van der Waals surface area contributed by atoms with Crippen molar-refractivity contribution < 1.29 is 23.6 Å². The van der Waals surface area contributed by atoms with Crippen LogP contribution >= 0.6 is 0 Å². The van der Waals surface area contributed by atoms with Gasteiger partial charge in [0.25, 0.3) is 0 Å². The van der Waals surface area contributed by atoms with Crippen LogP contribution in [-0.2, 0) is 9.53 Å². The predicted octanol–water partition coefficient (Wildman–Crippen LogP) is 1.68. The summed E-state index contributed by atoms with van der Waals surface area (Å²) in [5.41, 5.74) is -0.795. The van der Waals surface area contributed by atoms with Gasteiger partial charge in [-0.1, -0.05) is 6.07 Å². The summed E-state index contributed by atoms with van der Waals surface area (Å²) < 4.78 is 22.5. The van der Waals surface area contributed by atoms with E-state index in [0.717, 1.165) is 6.07 Å². The second kappa shape index (κ2) is 5.78. The number of hydrogen-bond donors (Lipinski definition) is 0. The van der Waals surface area contributed by atoms with Crippen molar-refractivity contribution in [2.45, 2.75) is 6.92 Å². The van der Waals surface area contributed by atoms with Gasteiger partial charge in [0.05, 0.1) is 11.5 Å². The third kappa shape index (κ3) is 3.40. The quantitative estimate of drug-likeness (QED) is 0.446. The Kier molecular flexibility index (Phi) is 4.38. The summed E-state index contributed by atoms with van der Waals surface area (Å²) in [4.78, 5) is 20.6. The fourth-order valence-electron chi connectivity index (χ4n) is 1.13. The number of esters is 1. The maximum absolute atomic E-state index is 13.1. The van der Waals surface area contributed by atoms with Gasteiger partial charge in [-0.25, -0.2) is 4.79 Å². The monoisotopic (exact) mass is 243 g/mol. The van der Waals surface area contributed by atoms with E-state index in [1.54, 1.807) is 6.92 Å². The topological polar surface area (TPSA) is 78.7 Å². The first kappa shape index (κ1) is 12.9. The second-order valence-electron chi connectivity index (χ2n) is 2.94. The van der Waals surface area contributed by atoms with E-state index in [1.165, 1.54) is 12.1 Å². The molecular formula is C10H10FNO5. The summed E-state index contributed by atoms with van der Waals surface area (Å²) in [7, 11) is 0. The molecule has 0 heterocycles. The number of halogens is 1. The molecule has 17 heavy (non-hydrogen) atoms. The van der Waals surface area contributed by atoms with Crippen molar-refractivity contribution in [3.8, 4) is 5.75 Å². The number of rotatable bonds is 5. The molecular weight excluding hydrogens is 233 g/mol. The van der Waals surface area contributed by atoms with E-state index in [0.29, 0.717) is 0 Å². The van der Waals surface area contributed by atoms with Gasteiger partial charge in [-0.2, -0.15) is 4.39 Å². The summed E-state index contributed by atoms with van der Waals surface area (Å²) in [6.45, 7) is 1.29. The first-order valence-electron chi connectivity index (χ1n) is 4.77. The molecule has 92 valence electrons. The predicted molar refractivity (Wildman–Crippen MR) is 55.2 cm³/mol. The smallest absolute Gasteiger partial charge is 0.346 e. The van der Waals surface area contributed by atoms with Crippen molar-refractivity contribution in [1.29, 1.82) is 0 Å². The minimum absolute atomic E-state index is 0.174. The van der Waals surface area contributed by atoms with Gasteiger partial charge in [0.15, 0.2) is 6.61 Å². The Morgan fingerprint density at radius 1 is 1.53 bits per heavy atom. The molecule has 0 aromatic heterocycles. The highest BCUT2D eigenvalue weighted by molar-refractivity contribution is 5.71. The molecule has 0 N–H and O–H groups in total. The zero-order valence-electron chi connectivity index (χ0n) is 9.01. The molecule has 0 fully saturated rings. The van der Waals surface area contributed by atoms with Crippen LogP contribution in [0.4, 0.5) is 10.1 Å². The minimum Gasteiger partial charge on any atom is -0.475 e. The highest BCUT2D eigenvalue weighted by Crippen LogP contribution is 2.29. The number of carbonyl (C=O) groups is 1. The highest BCUT2D eigenvalue weighted by Gasteiger charge is 2.21. The lowest BCUT2D eigenvalue weighted by atomic mass is 10.3. The third-order valence-electron chi connectivity index (χ3n) is 1.78. The first-order chi connectivity index (χ1) is 8.06. The van der Waals surface area contributed by atoms with E-state index in [9.17, 15) is 19.3 Å². The summed E-state index contributed by atoms with van der Waals surface area (Å²) in [6, 6.07) is 3.40. The third-order valence-corrected chi connectivity index (χ3v) is 1.78. The average molecular weight is 243 g/mol. The Bertz CT molecular complexity index is 435. The van der Waals surface area contributed by atoms with E-state index >= 15 is 0 Å². The van der Waals surface area contributed by atoms with Crippen LogP contribution in [0.2, 0.25) is 0 Å². The minimum atomic E-state index is -1.02. The van der Waals surface area contributed by atoms with Crippen LogP contribution in [0.25, 0.3) is 0 Å². The van der Waals surface area contributed by atoms with E-state index in [1.807, 2.05) is 0 Å². The summed E-state index contributed by atoms with van der Waals surface area (Å²) in [5, 5.41) is 10.6. The van der Waals surface area contributed by atoms with E-state index < -0.39 is 29.0 Å². The van der Waals surface area contributed by atoms with Crippen molar-refractivity contribution in [2.75, 3.05) is 13.2 Å². The van der Waals surface area contributed by atoms with Gasteiger partial charge >= 0.3 is 11.7 Å². The lowest BCUT2D eigenvalue weighted by Crippen LogP contribution is -2.15. The number of para-hydroxylation sites is 1. The van der Waals surface area contributed by atoms with Crippen LogP contribution in [0.5, 0.6) is 5.75 Å². The lowest BCUT2D eigenvalue weighted by Gasteiger charge is -2.06. The Morgan fingerprint density at radius 3 is 2.82 bits per heavy atom. The molecule has 0 unspecified atom stereocenters. The van der Waals surface area contributed by atoms with Gasteiger partial charge in [-0.3, -0.25) is 10.1 Å². The Morgan fingerprint density at radius 2 is 2.24 bits per heavy atom. The maximum atomic E-state index is 13.1. The van der Waals surface area contributed by atoms with Crippen LogP contribution in [0.1, 0.15) is 6.92 Å². The number of nitrogens with zero attached hydrogens (tertiary/aromatic N) is 1. The van der Waals surface area contributed by atoms with E-state index in [-0.39, 0.29) is 12.4 Å². The zero-order valence-corrected chi connectivity index (χ0v) is 9.01. The van der Waals surface area contributed by atoms with Crippen molar-refractivity contribution in [1.82, 2.24) is 0 Å². The lowest BCUT2D eigenvalue weighted by molar-refractivity contribution is -0.388. The molecule has 1 aromatic rings. The van der Waals surface area contributed by atoms with Gasteiger partial charge in [-0.15, -0.1) is 0 Å². The van der Waals surface area contributed by atoms with Crippen LogP contribution < -0.4 is 4.74 Å². The van der Waals surface area contributed by atoms with Crippen molar-refractivity contribution in [3.05, 3.63) is 34.1 Å². The van der Waals surface area contributed by atoms with Crippen molar-refractivity contribution >= 4 is 11.7 Å². The van der Waals surface area contributed by atoms with Gasteiger partial charge in [0.2, 0.25) is 11.6 Å². The second-order valence-corrected chi connectivity index (χ2v) is 2.94. The fraction of sp³-hybridized carbons (Fsp3) is 0.300. The zero-order chi connectivity index (χ0) is 12.8. The van der Waals surface area contributed by atoms with Crippen molar-refractivity contribution in [3.63, 3.8) is 0 Å². The maximum Gasteiger partial charge on any atom is 0.346 e. The van der Waals surface area contributed by atoms with Gasteiger partial charge in [0.1, 0.15) is 0 Å². The summed E-state index contributed by atoms with van der Waals surface area (Å²) in [6.07, 6.45) is 0. The fourth-order valence-corrected chi connectivity index (χ4v) is 1.13. The van der Waals surface area contributed by atoms with Crippen molar-refractivity contribution in [2.24, 2.45) is 0 Å². The molecule has 0 saturated heterocycles. The van der Waals surface area contributed by atoms with Crippen LogP contribution in [0.3, 0.4) is 0 Å². The highest BCUT2D eigenvalue weighted by atomic mass is 19.1. The number of nitro groups is 1. The Balaban J connectivity index is 2.81. The Labute approximate surface area is 96.1 Å². The molecule has 0 bridgehead atoms. The molecule has 0 amide bonds. The number of hydrogen-bond acceptors (Lipinski definition) is 5. The van der Waals surface area contributed by atoms with Crippen LogP contribution in [-0.4, -0.2) is 24.1 Å². The van der Waals surface area contributed by atoms with E-state index in [2.05, 4.69) is 4.74 Å². The number of ether oxygens (including phenoxy) is 2. The van der Waals surface area contributed by atoms with Gasteiger partial charge < -0.3 is 9.47 Å². The summed E-state index contributed by atoms with van der Waals surface area (Å²) in [5.74, 6) is -1.99. The first-order valence-corrected chi connectivity index (χ1v) is 4.77. The van der Waals surface area contributed by atoms with Crippen LogP contribution in [0, 0.1) is 15.9 Å². The van der Waals surface area contributed by atoms with Gasteiger partial charge in [0, 0.05) is 0 Å². The standard InChI is InChI=1S/C10H10FNO5/c1-2-16-9(13)6-17-8-5-3-4-7(11)10(8)12(14)15/h3-5H,2,6H2,1H3. The molecule has 1 rings (SSSR count). The molecule has 6 nitrogen and oxygen atoms in total. The molecule has 0 atom stereocenters. The number of benzene rings is 1. The summed E-state index contributed by atoms with van der Waals surface area (Å²) >= 11 is 0. The molecule has 0 radical (unpaired) electrons. The number of carbonyl (C=O) groups excluding carboxylic acids is 1. The molecule has 0 aliphatic carbocycles. The molecule has 0 aliphatic heterocycles. The number of nitro benzene ring substituents is 1.